The Bertz CT molecular complexity index is 404. The highest BCUT2D eigenvalue weighted by molar-refractivity contribution is 5.91. The second kappa shape index (κ2) is 3.93. The van der Waals surface area contributed by atoms with Gasteiger partial charge in [0.2, 0.25) is 0 Å². The molecule has 0 radical (unpaired) electrons. The van der Waals surface area contributed by atoms with Crippen molar-refractivity contribution < 1.29 is 9.21 Å². The number of furan rings is 1. The van der Waals surface area contributed by atoms with E-state index in [1.807, 2.05) is 6.07 Å². The number of hydrogen-bond acceptors (Lipinski definition) is 3. The van der Waals surface area contributed by atoms with Crippen molar-refractivity contribution in [2.75, 3.05) is 18.0 Å². The first-order valence-corrected chi connectivity index (χ1v) is 5.18. The number of carbonyl (C=O) groups excluding carboxylic acids is 1. The van der Waals surface area contributed by atoms with Crippen molar-refractivity contribution in [2.45, 2.75) is 20.3 Å². The maximum absolute atomic E-state index is 11.1. The Kier molecular flexibility index (Phi) is 2.62. The molecule has 15 heavy (non-hydrogen) atoms. The van der Waals surface area contributed by atoms with Crippen LogP contribution in [-0.4, -0.2) is 18.9 Å². The molecule has 0 saturated carbocycles. The van der Waals surface area contributed by atoms with Crippen molar-refractivity contribution in [3.8, 4) is 0 Å². The van der Waals surface area contributed by atoms with Crippen LogP contribution in [0.15, 0.2) is 28.2 Å². The number of anilines is 1. The number of carbonyl (C=O) groups is 1. The maximum Gasteiger partial charge on any atom is 0.196 e. The minimum atomic E-state index is -0.0227. The summed E-state index contributed by atoms with van der Waals surface area (Å²) in [6.07, 6.45) is 3.28. The van der Waals surface area contributed by atoms with Crippen LogP contribution in [0.25, 0.3) is 0 Å². The van der Waals surface area contributed by atoms with Crippen molar-refractivity contribution in [3.63, 3.8) is 0 Å². The minimum absolute atomic E-state index is 0.0227. The standard InChI is InChI=1S/C12H15NO2/c1-9-4-3-7-13(8-9)12-6-5-11(15-12)10(2)14/h4-6H,3,7-8H2,1-2H3. The summed E-state index contributed by atoms with van der Waals surface area (Å²) in [7, 11) is 0. The van der Waals surface area contributed by atoms with Crippen molar-refractivity contribution >= 4 is 11.7 Å². The fraction of sp³-hybridized carbons (Fsp3) is 0.417. The third-order valence-electron chi connectivity index (χ3n) is 2.58. The fourth-order valence-electron chi connectivity index (χ4n) is 1.79. The zero-order chi connectivity index (χ0) is 10.8. The largest absolute Gasteiger partial charge is 0.437 e. The first-order chi connectivity index (χ1) is 7.16. The summed E-state index contributed by atoms with van der Waals surface area (Å²) >= 11 is 0. The van der Waals surface area contributed by atoms with Crippen LogP contribution in [0.2, 0.25) is 0 Å². The van der Waals surface area contributed by atoms with E-state index < -0.39 is 0 Å². The van der Waals surface area contributed by atoms with Gasteiger partial charge in [-0.25, -0.2) is 0 Å². The van der Waals surface area contributed by atoms with Gasteiger partial charge in [-0.15, -0.1) is 0 Å². The normalized spacial score (nSPS) is 16.4. The number of ketones is 1. The topological polar surface area (TPSA) is 33.5 Å². The predicted octanol–water partition coefficient (Wildman–Crippen LogP) is 2.64. The van der Waals surface area contributed by atoms with Crippen molar-refractivity contribution in [1.29, 1.82) is 0 Å². The molecule has 1 aromatic rings. The highest BCUT2D eigenvalue weighted by Crippen LogP contribution is 2.22. The highest BCUT2D eigenvalue weighted by atomic mass is 16.4. The Morgan fingerprint density at radius 2 is 2.27 bits per heavy atom. The third kappa shape index (κ3) is 2.12. The number of nitrogens with zero attached hydrogens (tertiary/aromatic N) is 1. The molecule has 0 unspecified atom stereocenters. The lowest BCUT2D eigenvalue weighted by molar-refractivity contribution is 0.0988. The number of rotatable bonds is 2. The van der Waals surface area contributed by atoms with Crippen LogP contribution in [-0.2, 0) is 0 Å². The van der Waals surface area contributed by atoms with Gasteiger partial charge in [-0.05, 0) is 19.4 Å². The van der Waals surface area contributed by atoms with Gasteiger partial charge in [0, 0.05) is 26.1 Å². The molecule has 0 bridgehead atoms. The van der Waals surface area contributed by atoms with E-state index in [1.54, 1.807) is 6.07 Å². The summed E-state index contributed by atoms with van der Waals surface area (Å²) in [4.78, 5) is 13.2. The average molecular weight is 205 g/mol. The predicted molar refractivity (Wildman–Crippen MR) is 59.3 cm³/mol. The van der Waals surface area contributed by atoms with Crippen LogP contribution in [0, 0.1) is 0 Å². The molecule has 0 fully saturated rings. The average Bonchev–Trinajstić information content (AvgIpc) is 2.66. The fourth-order valence-corrected chi connectivity index (χ4v) is 1.79. The van der Waals surface area contributed by atoms with Crippen LogP contribution < -0.4 is 4.90 Å². The van der Waals surface area contributed by atoms with E-state index in [9.17, 15) is 4.79 Å². The lowest BCUT2D eigenvalue weighted by atomic mass is 10.1. The zero-order valence-corrected chi connectivity index (χ0v) is 9.12. The van der Waals surface area contributed by atoms with E-state index >= 15 is 0 Å². The van der Waals surface area contributed by atoms with Crippen molar-refractivity contribution in [2.24, 2.45) is 0 Å². The number of hydrogen-bond donors (Lipinski definition) is 0. The van der Waals surface area contributed by atoms with Crippen LogP contribution in [0.1, 0.15) is 30.8 Å². The smallest absolute Gasteiger partial charge is 0.196 e. The van der Waals surface area contributed by atoms with Crippen LogP contribution in [0.3, 0.4) is 0 Å². The van der Waals surface area contributed by atoms with Crippen LogP contribution in [0.5, 0.6) is 0 Å². The Morgan fingerprint density at radius 1 is 1.47 bits per heavy atom. The van der Waals surface area contributed by atoms with E-state index in [0.29, 0.717) is 5.76 Å². The van der Waals surface area contributed by atoms with Gasteiger partial charge in [-0.2, -0.15) is 0 Å². The van der Waals surface area contributed by atoms with Crippen LogP contribution in [0.4, 0.5) is 5.88 Å². The van der Waals surface area contributed by atoms with Gasteiger partial charge in [0.05, 0.1) is 0 Å². The molecule has 3 nitrogen and oxygen atoms in total. The lowest BCUT2D eigenvalue weighted by Gasteiger charge is -2.25. The summed E-state index contributed by atoms with van der Waals surface area (Å²) in [6, 6.07) is 3.61. The van der Waals surface area contributed by atoms with E-state index in [2.05, 4.69) is 17.9 Å². The molecule has 0 atom stereocenters. The molecule has 1 aliphatic rings. The summed E-state index contributed by atoms with van der Waals surface area (Å²) in [6.45, 7) is 5.48. The van der Waals surface area contributed by atoms with E-state index in [-0.39, 0.29) is 5.78 Å². The molecule has 1 aliphatic heterocycles. The molecule has 0 N–H and O–H groups in total. The first-order valence-electron chi connectivity index (χ1n) is 5.18. The minimum Gasteiger partial charge on any atom is -0.437 e. The monoisotopic (exact) mass is 205 g/mol. The molecule has 2 heterocycles. The van der Waals surface area contributed by atoms with E-state index in [0.717, 1.165) is 25.4 Å². The lowest BCUT2D eigenvalue weighted by Crippen LogP contribution is -2.28. The molecule has 80 valence electrons. The molecular formula is C12H15NO2. The molecule has 0 amide bonds. The molecule has 0 aromatic carbocycles. The summed E-state index contributed by atoms with van der Waals surface area (Å²) < 4.78 is 5.48. The first kappa shape index (κ1) is 10.0. The SMILES string of the molecule is CC(=O)c1ccc(N2CCC=C(C)C2)o1. The molecule has 3 heteroatoms. The summed E-state index contributed by atoms with van der Waals surface area (Å²) in [5.41, 5.74) is 1.35. The Balaban J connectivity index is 2.16. The van der Waals surface area contributed by atoms with Gasteiger partial charge < -0.3 is 9.32 Å². The van der Waals surface area contributed by atoms with Gasteiger partial charge in [0.15, 0.2) is 17.4 Å². The molecule has 0 aliphatic carbocycles. The number of Topliss-reactive ketones (excluding diaryl/α,β-unsaturated/α-hetero) is 1. The van der Waals surface area contributed by atoms with Crippen molar-refractivity contribution in [3.05, 3.63) is 29.5 Å². The second-order valence-electron chi connectivity index (χ2n) is 3.95. The Morgan fingerprint density at radius 3 is 2.87 bits per heavy atom. The molecule has 1 aromatic heterocycles. The van der Waals surface area contributed by atoms with Crippen molar-refractivity contribution in [1.82, 2.24) is 0 Å². The Hall–Kier alpha value is -1.51. The van der Waals surface area contributed by atoms with Gasteiger partial charge in [0.1, 0.15) is 0 Å². The molecule has 0 spiro atoms. The quantitative estimate of drug-likeness (QED) is 0.549. The summed E-state index contributed by atoms with van der Waals surface area (Å²) in [5, 5.41) is 0. The van der Waals surface area contributed by atoms with Crippen LogP contribution >= 0.6 is 0 Å². The Labute approximate surface area is 89.4 Å². The summed E-state index contributed by atoms with van der Waals surface area (Å²) in [5.74, 6) is 1.22. The van der Waals surface area contributed by atoms with Gasteiger partial charge in [-0.3, -0.25) is 4.79 Å². The molecular weight excluding hydrogens is 190 g/mol. The second-order valence-corrected chi connectivity index (χ2v) is 3.95. The molecule has 0 saturated heterocycles. The van der Waals surface area contributed by atoms with Gasteiger partial charge >= 0.3 is 0 Å². The van der Waals surface area contributed by atoms with Gasteiger partial charge in [-0.1, -0.05) is 11.6 Å². The third-order valence-corrected chi connectivity index (χ3v) is 2.58. The zero-order valence-electron chi connectivity index (χ0n) is 9.12. The van der Waals surface area contributed by atoms with E-state index in [4.69, 9.17) is 4.42 Å². The molecule has 2 rings (SSSR count). The van der Waals surface area contributed by atoms with Gasteiger partial charge in [0.25, 0.3) is 0 Å². The maximum atomic E-state index is 11.1. The van der Waals surface area contributed by atoms with E-state index in [1.165, 1.54) is 12.5 Å². The highest BCUT2D eigenvalue weighted by Gasteiger charge is 2.15.